The third kappa shape index (κ3) is 3.19. The lowest BCUT2D eigenvalue weighted by atomic mass is 10.0. The number of benzene rings is 1. The molecule has 0 aliphatic carbocycles. The van der Waals surface area contributed by atoms with Gasteiger partial charge in [0.25, 0.3) is 0 Å². The molecule has 0 bridgehead atoms. The fourth-order valence-electron chi connectivity index (χ4n) is 1.24. The van der Waals surface area contributed by atoms with Gasteiger partial charge in [-0.1, -0.05) is 46.9 Å². The van der Waals surface area contributed by atoms with Gasteiger partial charge in [-0.2, -0.15) is 0 Å². The zero-order valence-electron chi connectivity index (χ0n) is 7.68. The smallest absolute Gasteiger partial charge is 0.321 e. The molecule has 1 aromatic carbocycles. The van der Waals surface area contributed by atoms with E-state index in [0.29, 0.717) is 11.1 Å². The number of hydrogen-bond donors (Lipinski definition) is 2. The lowest BCUT2D eigenvalue weighted by Gasteiger charge is -2.09. The number of aliphatic carboxylic acids is 2. The van der Waals surface area contributed by atoms with E-state index in [9.17, 15) is 9.59 Å². The molecule has 4 nitrogen and oxygen atoms in total. The summed E-state index contributed by atoms with van der Waals surface area (Å²) in [7, 11) is 0. The van der Waals surface area contributed by atoms with Crippen LogP contribution < -0.4 is 0 Å². The van der Waals surface area contributed by atoms with E-state index in [1.165, 1.54) is 0 Å². The summed E-state index contributed by atoms with van der Waals surface area (Å²) < 4.78 is -0.710. The zero-order valence-corrected chi connectivity index (χ0v) is 9.84. The molecule has 1 atom stereocenters. The maximum atomic E-state index is 10.8. The first kappa shape index (κ1) is 12.0. The predicted molar refractivity (Wildman–Crippen MR) is 62.2 cm³/mol. The van der Waals surface area contributed by atoms with E-state index < -0.39 is 15.9 Å². The highest BCUT2D eigenvalue weighted by atomic mass is 127. The van der Waals surface area contributed by atoms with Crippen LogP contribution in [0.2, 0.25) is 0 Å². The van der Waals surface area contributed by atoms with Gasteiger partial charge in [-0.25, -0.2) is 0 Å². The molecule has 0 spiro atoms. The molecule has 1 unspecified atom stereocenters. The van der Waals surface area contributed by atoms with Crippen molar-refractivity contribution in [3.63, 3.8) is 0 Å². The number of carboxylic acid groups (broad SMARTS) is 2. The summed E-state index contributed by atoms with van der Waals surface area (Å²) in [6.45, 7) is 0. The molecular weight excluding hydrogens is 311 g/mol. The van der Waals surface area contributed by atoms with Gasteiger partial charge in [-0.05, 0) is 11.1 Å². The van der Waals surface area contributed by atoms with E-state index in [0.717, 1.165) is 0 Å². The van der Waals surface area contributed by atoms with E-state index in [2.05, 4.69) is 0 Å². The Balaban J connectivity index is 3.05. The summed E-state index contributed by atoms with van der Waals surface area (Å²) in [5.74, 6) is -1.93. The average molecular weight is 320 g/mol. The summed E-state index contributed by atoms with van der Waals surface area (Å²) in [4.78, 5) is 21.3. The van der Waals surface area contributed by atoms with E-state index in [4.69, 9.17) is 10.2 Å². The maximum Gasteiger partial charge on any atom is 0.321 e. The third-order valence-electron chi connectivity index (χ3n) is 1.89. The molecule has 2 N–H and O–H groups in total. The molecule has 1 rings (SSSR count). The Labute approximate surface area is 100 Å². The molecule has 0 heterocycles. The Morgan fingerprint density at radius 2 is 1.87 bits per heavy atom. The van der Waals surface area contributed by atoms with Crippen molar-refractivity contribution in [1.29, 1.82) is 0 Å². The minimum Gasteiger partial charge on any atom is -0.481 e. The summed E-state index contributed by atoms with van der Waals surface area (Å²) >= 11 is 1.78. The molecule has 0 fully saturated rings. The Kier molecular flexibility index (Phi) is 4.07. The fourth-order valence-corrected chi connectivity index (χ4v) is 1.85. The number of carbonyl (C=O) groups is 2. The normalized spacial score (nSPS) is 12.1. The van der Waals surface area contributed by atoms with Gasteiger partial charge in [-0.3, -0.25) is 9.59 Å². The highest BCUT2D eigenvalue weighted by molar-refractivity contribution is 14.1. The number of hydrogen-bond acceptors (Lipinski definition) is 2. The topological polar surface area (TPSA) is 74.6 Å². The molecule has 0 aromatic heterocycles. The van der Waals surface area contributed by atoms with Crippen LogP contribution in [0.3, 0.4) is 0 Å². The number of rotatable bonds is 4. The molecule has 0 amide bonds. The van der Waals surface area contributed by atoms with Gasteiger partial charge in [0, 0.05) is 0 Å². The van der Waals surface area contributed by atoms with Crippen molar-refractivity contribution in [2.24, 2.45) is 0 Å². The van der Waals surface area contributed by atoms with Gasteiger partial charge in [0.15, 0.2) is 0 Å². The van der Waals surface area contributed by atoms with E-state index in [1.807, 2.05) is 0 Å². The first-order valence-corrected chi connectivity index (χ1v) is 5.43. The van der Waals surface area contributed by atoms with Crippen molar-refractivity contribution in [1.82, 2.24) is 0 Å². The molecule has 0 saturated carbocycles. The summed E-state index contributed by atoms with van der Waals surface area (Å²) in [6, 6.07) is 6.68. The van der Waals surface area contributed by atoms with E-state index in [1.54, 1.807) is 46.9 Å². The number of carboxylic acids is 2. The highest BCUT2D eigenvalue weighted by Crippen LogP contribution is 2.26. The van der Waals surface area contributed by atoms with Gasteiger partial charge in [0.1, 0.15) is 3.92 Å². The summed E-state index contributed by atoms with van der Waals surface area (Å²) in [5, 5.41) is 17.5. The number of alkyl halides is 1. The van der Waals surface area contributed by atoms with Crippen molar-refractivity contribution < 1.29 is 19.8 Å². The Bertz CT molecular complexity index is 389. The monoisotopic (exact) mass is 320 g/mol. The van der Waals surface area contributed by atoms with Crippen molar-refractivity contribution in [3.05, 3.63) is 35.4 Å². The fraction of sp³-hybridized carbons (Fsp3) is 0.200. The lowest BCUT2D eigenvalue weighted by molar-refractivity contribution is -0.137. The minimum absolute atomic E-state index is 0.150. The molecule has 5 heteroatoms. The molecule has 0 aliphatic heterocycles. The van der Waals surface area contributed by atoms with Crippen LogP contribution in [-0.2, 0) is 16.0 Å². The minimum atomic E-state index is -0.964. The first-order chi connectivity index (χ1) is 7.02. The molecular formula is C10H9IO4. The largest absolute Gasteiger partial charge is 0.481 e. The van der Waals surface area contributed by atoms with Gasteiger partial charge in [0.2, 0.25) is 0 Å². The van der Waals surface area contributed by atoms with Crippen molar-refractivity contribution in [3.8, 4) is 0 Å². The van der Waals surface area contributed by atoms with Crippen LogP contribution in [0.1, 0.15) is 15.1 Å². The van der Waals surface area contributed by atoms with Gasteiger partial charge in [-0.15, -0.1) is 0 Å². The van der Waals surface area contributed by atoms with Crippen LogP contribution in [0.15, 0.2) is 24.3 Å². The quantitative estimate of drug-likeness (QED) is 0.656. The van der Waals surface area contributed by atoms with Crippen LogP contribution in [0, 0.1) is 0 Å². The predicted octanol–water partition coefficient (Wildman–Crippen LogP) is 1.87. The van der Waals surface area contributed by atoms with Crippen LogP contribution in [0.25, 0.3) is 0 Å². The second-order valence-corrected chi connectivity index (χ2v) is 4.22. The SMILES string of the molecule is O=C(O)Cc1ccccc1C(I)C(=O)O. The van der Waals surface area contributed by atoms with Crippen molar-refractivity contribution >= 4 is 34.5 Å². The molecule has 15 heavy (non-hydrogen) atoms. The van der Waals surface area contributed by atoms with Crippen LogP contribution in [-0.4, -0.2) is 22.2 Å². The van der Waals surface area contributed by atoms with Crippen LogP contribution >= 0.6 is 22.6 Å². The van der Waals surface area contributed by atoms with Crippen molar-refractivity contribution in [2.45, 2.75) is 10.3 Å². The second kappa shape index (κ2) is 5.11. The van der Waals surface area contributed by atoms with Crippen LogP contribution in [0.4, 0.5) is 0 Å². The summed E-state index contributed by atoms with van der Waals surface area (Å²) in [6.07, 6.45) is -0.150. The maximum absolute atomic E-state index is 10.8. The molecule has 0 aliphatic rings. The first-order valence-electron chi connectivity index (χ1n) is 4.19. The second-order valence-electron chi connectivity index (χ2n) is 2.97. The highest BCUT2D eigenvalue weighted by Gasteiger charge is 2.19. The zero-order chi connectivity index (χ0) is 11.4. The Hall–Kier alpha value is -1.11. The van der Waals surface area contributed by atoms with Gasteiger partial charge in [0.05, 0.1) is 6.42 Å². The molecule has 0 saturated heterocycles. The van der Waals surface area contributed by atoms with Crippen molar-refractivity contribution in [2.75, 3.05) is 0 Å². The van der Waals surface area contributed by atoms with E-state index in [-0.39, 0.29) is 6.42 Å². The lowest BCUT2D eigenvalue weighted by Crippen LogP contribution is -2.09. The van der Waals surface area contributed by atoms with Gasteiger partial charge < -0.3 is 10.2 Å². The Morgan fingerprint density at radius 3 is 2.40 bits per heavy atom. The molecule has 0 radical (unpaired) electrons. The standard InChI is InChI=1S/C10H9IO4/c11-9(10(14)15)7-4-2-1-3-6(7)5-8(12)13/h1-4,9H,5H2,(H,12,13)(H,14,15). The van der Waals surface area contributed by atoms with Gasteiger partial charge >= 0.3 is 11.9 Å². The summed E-state index contributed by atoms with van der Waals surface area (Å²) in [5.41, 5.74) is 1.10. The Morgan fingerprint density at radius 1 is 1.27 bits per heavy atom. The molecule has 1 aromatic rings. The van der Waals surface area contributed by atoms with Crippen LogP contribution in [0.5, 0.6) is 0 Å². The number of halogens is 1. The van der Waals surface area contributed by atoms with E-state index >= 15 is 0 Å². The molecule has 80 valence electrons. The average Bonchev–Trinajstić information content (AvgIpc) is 2.16. The third-order valence-corrected chi connectivity index (χ3v) is 3.09.